The van der Waals surface area contributed by atoms with Gasteiger partial charge in [0.15, 0.2) is 0 Å². The van der Waals surface area contributed by atoms with Crippen LogP contribution in [0.4, 0.5) is 8.78 Å². The van der Waals surface area contributed by atoms with Gasteiger partial charge >= 0.3 is 6.05 Å². The van der Waals surface area contributed by atoms with E-state index in [1.807, 2.05) is 0 Å². The Morgan fingerprint density at radius 1 is 1.00 bits per heavy atom. The number of nitrogens with one attached hydrogen (secondary N) is 1. The minimum Gasteiger partial charge on any atom is -0.289 e. The molecule has 24 heavy (non-hydrogen) atoms. The minimum absolute atomic E-state index is 0.206. The lowest BCUT2D eigenvalue weighted by Crippen LogP contribution is -2.38. The first-order chi connectivity index (χ1) is 11.5. The molecule has 126 valence electrons. The first-order valence-corrected chi connectivity index (χ1v) is 8.95. The summed E-state index contributed by atoms with van der Waals surface area (Å²) in [6, 6.07) is 10.8. The summed E-state index contributed by atoms with van der Waals surface area (Å²) < 4.78 is 28.6. The molecule has 2 nitrogen and oxygen atoms in total. The number of hydrogen-bond acceptors (Lipinski definition) is 2. The molecule has 1 amide bonds. The Morgan fingerprint density at radius 2 is 1.62 bits per heavy atom. The van der Waals surface area contributed by atoms with Gasteiger partial charge in [0.2, 0.25) is 0 Å². The topological polar surface area (TPSA) is 29.1 Å². The van der Waals surface area contributed by atoms with Gasteiger partial charge in [0.05, 0.1) is 0 Å². The smallest absolute Gasteiger partial charge is 0.289 e. The second-order valence-electron chi connectivity index (χ2n) is 5.94. The Labute approximate surface area is 144 Å². The van der Waals surface area contributed by atoms with Crippen molar-refractivity contribution in [3.8, 4) is 0 Å². The summed E-state index contributed by atoms with van der Waals surface area (Å²) in [5.74, 6) is -0.787. The van der Waals surface area contributed by atoms with Crippen LogP contribution in [-0.2, 0) is 6.05 Å². The molecule has 1 aliphatic carbocycles. The fourth-order valence-corrected chi connectivity index (χ4v) is 4.07. The molecule has 0 atom stereocenters. The number of hydrogen-bond donors (Lipinski definition) is 1. The summed E-state index contributed by atoms with van der Waals surface area (Å²) in [4.78, 5) is 12.9. The third kappa shape index (κ3) is 4.15. The number of carbonyl (C=O) groups is 1. The van der Waals surface area contributed by atoms with Crippen molar-refractivity contribution >= 4 is 17.7 Å². The van der Waals surface area contributed by atoms with E-state index in [1.54, 1.807) is 47.4 Å². The van der Waals surface area contributed by atoms with Crippen molar-refractivity contribution in [2.75, 3.05) is 0 Å². The highest BCUT2D eigenvalue weighted by Crippen LogP contribution is 2.35. The highest BCUT2D eigenvalue weighted by molar-refractivity contribution is 8.00. The molecule has 1 saturated carbocycles. The monoisotopic (exact) mass is 347 g/mol. The van der Waals surface area contributed by atoms with E-state index in [0.29, 0.717) is 5.25 Å². The third-order valence-electron chi connectivity index (χ3n) is 4.13. The highest BCUT2D eigenvalue weighted by atomic mass is 32.2. The van der Waals surface area contributed by atoms with E-state index in [-0.39, 0.29) is 11.1 Å². The summed E-state index contributed by atoms with van der Waals surface area (Å²) in [6.07, 6.45) is 4.88. The van der Waals surface area contributed by atoms with E-state index >= 15 is 0 Å². The normalized spacial score (nSPS) is 15.4. The largest absolute Gasteiger partial charge is 0.352 e. The molecule has 0 spiro atoms. The molecular weight excluding hydrogens is 328 g/mol. The molecule has 0 saturated heterocycles. The molecule has 2 aromatic rings. The van der Waals surface area contributed by atoms with Gasteiger partial charge in [-0.1, -0.05) is 31.0 Å². The molecule has 3 rings (SSSR count). The van der Waals surface area contributed by atoms with E-state index in [4.69, 9.17) is 0 Å². The Kier molecular flexibility index (Phi) is 5.19. The molecule has 0 aromatic heterocycles. The van der Waals surface area contributed by atoms with Crippen LogP contribution >= 0.6 is 11.8 Å². The van der Waals surface area contributed by atoms with E-state index < -0.39 is 12.0 Å². The molecule has 1 fully saturated rings. The summed E-state index contributed by atoms with van der Waals surface area (Å²) in [5, 5.41) is 2.39. The van der Waals surface area contributed by atoms with Gasteiger partial charge in [-0.2, -0.15) is 8.78 Å². The summed E-state index contributed by atoms with van der Waals surface area (Å²) in [6.45, 7) is 0. The van der Waals surface area contributed by atoms with Crippen LogP contribution in [0.25, 0.3) is 0 Å². The van der Waals surface area contributed by atoms with Crippen molar-refractivity contribution in [1.29, 1.82) is 0 Å². The SMILES string of the molecule is O=C(NC(F)(F)c1ccc(SC2CCCC2)cc1)c1ccccc1. The van der Waals surface area contributed by atoms with Gasteiger partial charge in [-0.3, -0.25) is 10.1 Å². The first kappa shape index (κ1) is 17.0. The first-order valence-electron chi connectivity index (χ1n) is 8.07. The average Bonchev–Trinajstić information content (AvgIpc) is 3.09. The second-order valence-corrected chi connectivity index (χ2v) is 7.32. The molecule has 1 aliphatic rings. The predicted octanol–water partition coefficient (Wildman–Crippen LogP) is 5.20. The molecule has 0 radical (unpaired) electrons. The number of rotatable bonds is 5. The van der Waals surface area contributed by atoms with Crippen molar-refractivity contribution in [1.82, 2.24) is 5.32 Å². The molecule has 0 bridgehead atoms. The molecule has 5 heteroatoms. The zero-order valence-corrected chi connectivity index (χ0v) is 14.0. The van der Waals surface area contributed by atoms with E-state index in [2.05, 4.69) is 0 Å². The standard InChI is InChI=1S/C19H19F2NOS/c20-19(21,22-18(23)14-6-2-1-3-7-14)15-10-12-17(13-11-15)24-16-8-4-5-9-16/h1-3,6-7,10-13,16H,4-5,8-9H2,(H,22,23). The lowest BCUT2D eigenvalue weighted by molar-refractivity contribution is -0.0333. The van der Waals surface area contributed by atoms with Crippen LogP contribution in [0.15, 0.2) is 59.5 Å². The third-order valence-corrected chi connectivity index (χ3v) is 5.48. The number of halogens is 2. The second kappa shape index (κ2) is 7.34. The molecule has 0 unspecified atom stereocenters. The van der Waals surface area contributed by atoms with Gasteiger partial charge in [0.1, 0.15) is 0 Å². The number of carbonyl (C=O) groups excluding carboxylic acids is 1. The van der Waals surface area contributed by atoms with Crippen LogP contribution in [0, 0.1) is 0 Å². The maximum atomic E-state index is 14.3. The van der Waals surface area contributed by atoms with Gasteiger partial charge < -0.3 is 0 Å². The lowest BCUT2D eigenvalue weighted by Gasteiger charge is -2.19. The Hall–Kier alpha value is -1.88. The lowest BCUT2D eigenvalue weighted by atomic mass is 10.1. The molecule has 1 N–H and O–H groups in total. The van der Waals surface area contributed by atoms with Crippen LogP contribution in [-0.4, -0.2) is 11.2 Å². The Morgan fingerprint density at radius 3 is 2.25 bits per heavy atom. The van der Waals surface area contributed by atoms with E-state index in [1.165, 1.54) is 49.9 Å². The summed E-state index contributed by atoms with van der Waals surface area (Å²) >= 11 is 1.75. The fraction of sp³-hybridized carbons (Fsp3) is 0.316. The van der Waals surface area contributed by atoms with Crippen molar-refractivity contribution < 1.29 is 13.6 Å². The number of benzene rings is 2. The average molecular weight is 347 g/mol. The highest BCUT2D eigenvalue weighted by Gasteiger charge is 2.33. The predicted molar refractivity (Wildman–Crippen MR) is 92.4 cm³/mol. The van der Waals surface area contributed by atoms with Crippen LogP contribution in [0.3, 0.4) is 0 Å². The van der Waals surface area contributed by atoms with Gasteiger partial charge in [0, 0.05) is 21.3 Å². The van der Waals surface area contributed by atoms with Crippen LogP contribution < -0.4 is 5.32 Å². The molecule has 0 heterocycles. The van der Waals surface area contributed by atoms with Gasteiger partial charge in [-0.25, -0.2) is 0 Å². The molecule has 0 aliphatic heterocycles. The van der Waals surface area contributed by atoms with Gasteiger partial charge in [-0.15, -0.1) is 11.8 Å². The fourth-order valence-electron chi connectivity index (χ4n) is 2.82. The number of thioether (sulfide) groups is 1. The van der Waals surface area contributed by atoms with E-state index in [0.717, 1.165) is 4.90 Å². The van der Waals surface area contributed by atoms with Gasteiger partial charge in [-0.05, 0) is 49.2 Å². The zero-order chi connectivity index (χ0) is 17.0. The summed E-state index contributed by atoms with van der Waals surface area (Å²) in [7, 11) is 0. The van der Waals surface area contributed by atoms with Crippen molar-refractivity contribution in [3.63, 3.8) is 0 Å². The number of amides is 1. The van der Waals surface area contributed by atoms with Gasteiger partial charge in [0.25, 0.3) is 5.91 Å². The Bertz CT molecular complexity index is 682. The van der Waals surface area contributed by atoms with E-state index in [9.17, 15) is 13.6 Å². The number of alkyl halides is 2. The van der Waals surface area contributed by atoms with Crippen molar-refractivity contribution in [2.45, 2.75) is 41.9 Å². The quantitative estimate of drug-likeness (QED) is 0.753. The van der Waals surface area contributed by atoms with Crippen molar-refractivity contribution in [2.24, 2.45) is 0 Å². The van der Waals surface area contributed by atoms with Crippen LogP contribution in [0.2, 0.25) is 0 Å². The van der Waals surface area contributed by atoms with Crippen LogP contribution in [0.1, 0.15) is 41.6 Å². The summed E-state index contributed by atoms with van der Waals surface area (Å²) in [5.41, 5.74) is 0.00753. The molecule has 2 aromatic carbocycles. The van der Waals surface area contributed by atoms with Crippen LogP contribution in [0.5, 0.6) is 0 Å². The minimum atomic E-state index is -3.40. The Balaban J connectivity index is 1.66. The maximum absolute atomic E-state index is 14.3. The van der Waals surface area contributed by atoms with Crippen molar-refractivity contribution in [3.05, 3.63) is 65.7 Å². The maximum Gasteiger partial charge on any atom is 0.352 e. The molecular formula is C19H19F2NOS. The zero-order valence-electron chi connectivity index (χ0n) is 13.2.